The number of benzene rings is 1. The smallest absolute Gasteiger partial charge is 0.243 e. The predicted octanol–water partition coefficient (Wildman–Crippen LogP) is 5.31. The second-order valence-corrected chi connectivity index (χ2v) is 9.17. The van der Waals surface area contributed by atoms with Gasteiger partial charge in [-0.3, -0.25) is 14.3 Å². The number of hydrogen-bond acceptors (Lipinski definition) is 5. The van der Waals surface area contributed by atoms with Gasteiger partial charge >= 0.3 is 0 Å². The van der Waals surface area contributed by atoms with Crippen molar-refractivity contribution in [1.82, 2.24) is 25.2 Å². The highest BCUT2D eigenvalue weighted by Crippen LogP contribution is 2.26. The SMILES string of the molecule is CC.Cc1cc(-c2ccnn2C)ccc1C(C)NC(=O)C1CCCN1C(=O)CC(C)C.c1cnoc1. The first-order valence-electron chi connectivity index (χ1n) is 12.8. The van der Waals surface area contributed by atoms with Gasteiger partial charge in [0.25, 0.3) is 0 Å². The molecule has 3 aromatic rings. The van der Waals surface area contributed by atoms with Crippen LogP contribution in [0, 0.1) is 12.8 Å². The zero-order valence-electron chi connectivity index (χ0n) is 22.7. The summed E-state index contributed by atoms with van der Waals surface area (Å²) in [6.45, 7) is 12.8. The van der Waals surface area contributed by atoms with Crippen molar-refractivity contribution >= 4 is 11.8 Å². The fourth-order valence-electron chi connectivity index (χ4n) is 4.35. The number of hydrogen-bond donors (Lipinski definition) is 1. The van der Waals surface area contributed by atoms with Crippen molar-refractivity contribution in [2.75, 3.05) is 6.54 Å². The Bertz CT molecular complexity index is 1060. The third kappa shape index (κ3) is 7.80. The van der Waals surface area contributed by atoms with Gasteiger partial charge < -0.3 is 14.7 Å². The zero-order chi connectivity index (χ0) is 26.7. The highest BCUT2D eigenvalue weighted by molar-refractivity contribution is 5.88. The number of aryl methyl sites for hydroxylation is 2. The summed E-state index contributed by atoms with van der Waals surface area (Å²) in [7, 11) is 1.93. The number of carbonyl (C=O) groups excluding carboxylic acids is 2. The molecule has 2 unspecified atom stereocenters. The van der Waals surface area contributed by atoms with E-state index in [2.05, 4.69) is 45.2 Å². The van der Waals surface area contributed by atoms with E-state index in [0.29, 0.717) is 18.9 Å². The lowest BCUT2D eigenvalue weighted by Crippen LogP contribution is -2.46. The molecule has 1 aromatic carbocycles. The maximum Gasteiger partial charge on any atom is 0.243 e. The Labute approximate surface area is 215 Å². The summed E-state index contributed by atoms with van der Waals surface area (Å²) < 4.78 is 6.18. The van der Waals surface area contributed by atoms with E-state index in [1.807, 2.05) is 52.4 Å². The van der Waals surface area contributed by atoms with Gasteiger partial charge in [-0.1, -0.05) is 45.0 Å². The lowest BCUT2D eigenvalue weighted by molar-refractivity contribution is -0.139. The maximum absolute atomic E-state index is 12.9. The van der Waals surface area contributed by atoms with E-state index in [0.717, 1.165) is 35.2 Å². The molecular weight excluding hydrogens is 454 g/mol. The quantitative estimate of drug-likeness (QED) is 0.500. The molecule has 2 aromatic heterocycles. The highest BCUT2D eigenvalue weighted by Gasteiger charge is 2.34. The van der Waals surface area contributed by atoms with Gasteiger partial charge in [-0.25, -0.2) is 0 Å². The average molecular weight is 496 g/mol. The van der Waals surface area contributed by atoms with Crippen LogP contribution in [0.5, 0.6) is 0 Å². The number of nitrogens with zero attached hydrogens (tertiary/aromatic N) is 4. The van der Waals surface area contributed by atoms with Gasteiger partial charge in [0.1, 0.15) is 12.3 Å². The van der Waals surface area contributed by atoms with Gasteiger partial charge in [-0.15, -0.1) is 0 Å². The summed E-state index contributed by atoms with van der Waals surface area (Å²) >= 11 is 0. The number of aromatic nitrogens is 3. The fraction of sp³-hybridized carbons (Fsp3) is 0.500. The molecule has 0 spiro atoms. The normalized spacial score (nSPS) is 15.4. The van der Waals surface area contributed by atoms with E-state index >= 15 is 0 Å². The van der Waals surface area contributed by atoms with Crippen LogP contribution in [0.1, 0.15) is 71.0 Å². The Morgan fingerprint density at radius 1 is 1.17 bits per heavy atom. The average Bonchev–Trinajstić information content (AvgIpc) is 3.63. The zero-order valence-corrected chi connectivity index (χ0v) is 22.7. The van der Waals surface area contributed by atoms with Crippen molar-refractivity contribution in [3.8, 4) is 11.3 Å². The van der Waals surface area contributed by atoms with E-state index in [1.54, 1.807) is 23.4 Å². The second-order valence-electron chi connectivity index (χ2n) is 9.17. The number of carbonyl (C=O) groups is 2. The van der Waals surface area contributed by atoms with Gasteiger partial charge in [0.15, 0.2) is 0 Å². The molecule has 4 rings (SSSR count). The van der Waals surface area contributed by atoms with Gasteiger partial charge in [0, 0.05) is 31.8 Å². The first-order valence-corrected chi connectivity index (χ1v) is 12.8. The fourth-order valence-corrected chi connectivity index (χ4v) is 4.35. The van der Waals surface area contributed by atoms with Crippen LogP contribution in [0.3, 0.4) is 0 Å². The molecule has 0 saturated carbocycles. The molecule has 2 amide bonds. The Hall–Kier alpha value is -3.42. The monoisotopic (exact) mass is 495 g/mol. The van der Waals surface area contributed by atoms with E-state index < -0.39 is 0 Å². The van der Waals surface area contributed by atoms with Crippen LogP contribution >= 0.6 is 0 Å². The van der Waals surface area contributed by atoms with E-state index in [9.17, 15) is 9.59 Å². The molecule has 3 heterocycles. The molecule has 8 nitrogen and oxygen atoms in total. The second kappa shape index (κ2) is 14.2. The molecule has 8 heteroatoms. The Morgan fingerprint density at radius 2 is 1.92 bits per heavy atom. The van der Waals surface area contributed by atoms with Crippen LogP contribution in [0.2, 0.25) is 0 Å². The molecule has 2 atom stereocenters. The molecule has 0 bridgehead atoms. The van der Waals surface area contributed by atoms with Crippen LogP contribution < -0.4 is 5.32 Å². The van der Waals surface area contributed by atoms with Crippen LogP contribution in [-0.4, -0.2) is 44.2 Å². The first-order chi connectivity index (χ1) is 17.3. The molecular formula is C28H41N5O3. The first kappa shape index (κ1) is 28.8. The summed E-state index contributed by atoms with van der Waals surface area (Å²) in [6, 6.07) is 9.50. The molecule has 1 saturated heterocycles. The lowest BCUT2D eigenvalue weighted by atomic mass is 9.98. The van der Waals surface area contributed by atoms with Crippen molar-refractivity contribution in [2.45, 2.75) is 72.9 Å². The topological polar surface area (TPSA) is 93.3 Å². The number of amides is 2. The molecule has 0 radical (unpaired) electrons. The third-order valence-electron chi connectivity index (χ3n) is 6.02. The van der Waals surface area contributed by atoms with Gasteiger partial charge in [-0.2, -0.15) is 5.10 Å². The van der Waals surface area contributed by atoms with Gasteiger partial charge in [0.2, 0.25) is 11.8 Å². The van der Waals surface area contributed by atoms with Crippen molar-refractivity contribution in [1.29, 1.82) is 0 Å². The van der Waals surface area contributed by atoms with Crippen molar-refractivity contribution in [3.05, 3.63) is 60.1 Å². The Balaban J connectivity index is 0.000000570. The summed E-state index contributed by atoms with van der Waals surface area (Å²) in [6.07, 6.45) is 7.00. The number of rotatable bonds is 6. The minimum atomic E-state index is -0.349. The lowest BCUT2D eigenvalue weighted by Gasteiger charge is -2.27. The van der Waals surface area contributed by atoms with Crippen molar-refractivity contribution in [2.24, 2.45) is 13.0 Å². The van der Waals surface area contributed by atoms with Crippen molar-refractivity contribution in [3.63, 3.8) is 0 Å². The Kier molecular flexibility index (Phi) is 11.4. The standard InChI is InChI=1S/C23H32N4O2.C3H3NO.C2H6/c1-15(2)13-22(28)27-12-6-7-21(27)23(29)25-17(4)19-9-8-18(14-16(19)3)20-10-11-24-26(20)5;1-2-4-5-3-1;1-2/h8-11,14-15,17,21H,6-7,12-13H2,1-5H3,(H,25,29);1-3H;1-2H3. The summed E-state index contributed by atoms with van der Waals surface area (Å²) in [5.41, 5.74) is 4.37. The molecule has 1 aliphatic rings. The molecule has 1 fully saturated rings. The predicted molar refractivity (Wildman–Crippen MR) is 142 cm³/mol. The van der Waals surface area contributed by atoms with Gasteiger partial charge in [-0.05, 0) is 61.9 Å². The van der Waals surface area contributed by atoms with E-state index in [4.69, 9.17) is 0 Å². The maximum atomic E-state index is 12.9. The summed E-state index contributed by atoms with van der Waals surface area (Å²) in [5, 5.41) is 10.7. The summed E-state index contributed by atoms with van der Waals surface area (Å²) in [4.78, 5) is 27.2. The highest BCUT2D eigenvalue weighted by atomic mass is 16.5. The number of nitrogens with one attached hydrogen (secondary N) is 1. The summed E-state index contributed by atoms with van der Waals surface area (Å²) in [5.74, 6) is 0.329. The number of likely N-dealkylation sites (tertiary alicyclic amines) is 1. The van der Waals surface area contributed by atoms with Crippen LogP contribution in [0.15, 0.2) is 53.5 Å². The largest absolute Gasteiger partial charge is 0.365 e. The van der Waals surface area contributed by atoms with Gasteiger partial charge in [0.05, 0.1) is 17.9 Å². The van der Waals surface area contributed by atoms with E-state index in [-0.39, 0.29) is 23.9 Å². The minimum absolute atomic E-state index is 0.0535. The van der Waals surface area contributed by atoms with E-state index in [1.165, 1.54) is 6.26 Å². The Morgan fingerprint density at radius 3 is 2.44 bits per heavy atom. The molecule has 1 aliphatic heterocycles. The molecule has 36 heavy (non-hydrogen) atoms. The molecule has 0 aliphatic carbocycles. The molecule has 1 N–H and O–H groups in total. The van der Waals surface area contributed by atoms with Crippen LogP contribution in [-0.2, 0) is 16.6 Å². The van der Waals surface area contributed by atoms with Crippen LogP contribution in [0.4, 0.5) is 0 Å². The van der Waals surface area contributed by atoms with Crippen LogP contribution in [0.25, 0.3) is 11.3 Å². The third-order valence-corrected chi connectivity index (χ3v) is 6.02. The van der Waals surface area contributed by atoms with Crippen molar-refractivity contribution < 1.29 is 14.1 Å². The minimum Gasteiger partial charge on any atom is -0.365 e. The molecule has 196 valence electrons.